The first-order valence-electron chi connectivity index (χ1n) is 7.82. The van der Waals surface area contributed by atoms with E-state index in [2.05, 4.69) is 15.3 Å². The number of aromatic nitrogens is 2. The Bertz CT molecular complexity index is 684. The fourth-order valence-electron chi connectivity index (χ4n) is 2.79. The lowest BCUT2D eigenvalue weighted by Gasteiger charge is -2.28. The zero-order valence-electron chi connectivity index (χ0n) is 12.9. The van der Waals surface area contributed by atoms with Gasteiger partial charge in [-0.05, 0) is 43.9 Å². The van der Waals surface area contributed by atoms with E-state index in [4.69, 9.17) is 4.74 Å². The summed E-state index contributed by atoms with van der Waals surface area (Å²) >= 11 is 0. The van der Waals surface area contributed by atoms with Crippen LogP contribution in [0.2, 0.25) is 0 Å². The van der Waals surface area contributed by atoms with Crippen molar-refractivity contribution in [3.8, 4) is 6.01 Å². The van der Waals surface area contributed by atoms with Crippen molar-refractivity contribution in [3.63, 3.8) is 0 Å². The molecule has 1 saturated carbocycles. The number of amides is 1. The molecule has 1 heterocycles. The van der Waals surface area contributed by atoms with Crippen molar-refractivity contribution in [2.75, 3.05) is 0 Å². The van der Waals surface area contributed by atoms with Gasteiger partial charge in [-0.1, -0.05) is 6.07 Å². The van der Waals surface area contributed by atoms with Crippen LogP contribution >= 0.6 is 0 Å². The summed E-state index contributed by atoms with van der Waals surface area (Å²) in [6.07, 6.45) is 5.95. The summed E-state index contributed by atoms with van der Waals surface area (Å²) in [5.41, 5.74) is -0.534. The molecule has 1 fully saturated rings. The van der Waals surface area contributed by atoms with Crippen LogP contribution < -0.4 is 10.1 Å². The Morgan fingerprint density at radius 1 is 1.04 bits per heavy atom. The molecule has 1 aromatic heterocycles. The lowest BCUT2D eigenvalue weighted by molar-refractivity contribution is 0.0877. The van der Waals surface area contributed by atoms with E-state index in [0.717, 1.165) is 12.1 Å². The molecule has 0 atom stereocenters. The summed E-state index contributed by atoms with van der Waals surface area (Å²) in [6, 6.07) is 5.29. The van der Waals surface area contributed by atoms with Crippen LogP contribution in [0.25, 0.3) is 0 Å². The van der Waals surface area contributed by atoms with E-state index in [1.54, 1.807) is 18.5 Å². The third-order valence-corrected chi connectivity index (χ3v) is 4.01. The maximum atomic E-state index is 13.6. The van der Waals surface area contributed by atoms with Gasteiger partial charge in [0.05, 0.1) is 0 Å². The minimum atomic E-state index is -0.856. The Labute approximate surface area is 138 Å². The third kappa shape index (κ3) is 3.84. The van der Waals surface area contributed by atoms with Gasteiger partial charge in [-0.2, -0.15) is 0 Å². The van der Waals surface area contributed by atoms with Crippen molar-refractivity contribution in [3.05, 3.63) is 53.9 Å². The first-order chi connectivity index (χ1) is 11.6. The molecule has 0 saturated heterocycles. The van der Waals surface area contributed by atoms with Gasteiger partial charge in [0, 0.05) is 18.4 Å². The van der Waals surface area contributed by atoms with Gasteiger partial charge in [-0.15, -0.1) is 0 Å². The number of nitrogens with one attached hydrogen (secondary N) is 1. The summed E-state index contributed by atoms with van der Waals surface area (Å²) in [7, 11) is 0. The van der Waals surface area contributed by atoms with E-state index in [-0.39, 0.29) is 12.1 Å². The molecule has 1 aromatic carbocycles. The van der Waals surface area contributed by atoms with Crippen molar-refractivity contribution in [2.24, 2.45) is 0 Å². The Morgan fingerprint density at radius 2 is 1.67 bits per heavy atom. The SMILES string of the molecule is O=C(NC1CCC(Oc2ncccn2)CC1)c1c(F)cccc1F. The van der Waals surface area contributed by atoms with Crippen molar-refractivity contribution in [2.45, 2.75) is 37.8 Å². The number of ether oxygens (including phenoxy) is 1. The predicted molar refractivity (Wildman–Crippen MR) is 82.5 cm³/mol. The molecule has 0 aliphatic heterocycles. The van der Waals surface area contributed by atoms with E-state index in [1.165, 1.54) is 6.07 Å². The van der Waals surface area contributed by atoms with Crippen LogP contribution in [0.5, 0.6) is 6.01 Å². The largest absolute Gasteiger partial charge is 0.460 e. The van der Waals surface area contributed by atoms with E-state index in [9.17, 15) is 13.6 Å². The fourth-order valence-corrected chi connectivity index (χ4v) is 2.79. The van der Waals surface area contributed by atoms with Crippen molar-refractivity contribution in [1.29, 1.82) is 0 Å². The summed E-state index contributed by atoms with van der Waals surface area (Å²) < 4.78 is 32.9. The summed E-state index contributed by atoms with van der Waals surface area (Å²) in [5.74, 6) is -2.43. The van der Waals surface area contributed by atoms with E-state index < -0.39 is 23.1 Å². The maximum absolute atomic E-state index is 13.6. The van der Waals surface area contributed by atoms with Gasteiger partial charge >= 0.3 is 6.01 Å². The second-order valence-electron chi connectivity index (χ2n) is 5.69. The Hall–Kier alpha value is -2.57. The highest BCUT2D eigenvalue weighted by Gasteiger charge is 2.26. The first kappa shape index (κ1) is 16.3. The second-order valence-corrected chi connectivity index (χ2v) is 5.69. The monoisotopic (exact) mass is 333 g/mol. The number of carbonyl (C=O) groups excluding carboxylic acids is 1. The number of carbonyl (C=O) groups is 1. The van der Waals surface area contributed by atoms with Crippen molar-refractivity contribution >= 4 is 5.91 Å². The molecule has 1 N–H and O–H groups in total. The zero-order valence-corrected chi connectivity index (χ0v) is 12.9. The van der Waals surface area contributed by atoms with Gasteiger partial charge in [-0.25, -0.2) is 18.7 Å². The molecule has 0 radical (unpaired) electrons. The summed E-state index contributed by atoms with van der Waals surface area (Å²) in [6.45, 7) is 0. The topological polar surface area (TPSA) is 64.1 Å². The lowest BCUT2D eigenvalue weighted by Crippen LogP contribution is -2.40. The van der Waals surface area contributed by atoms with Crippen LogP contribution in [-0.2, 0) is 0 Å². The second kappa shape index (κ2) is 7.33. The molecule has 1 aliphatic carbocycles. The Kier molecular flexibility index (Phi) is 4.98. The Morgan fingerprint density at radius 3 is 2.29 bits per heavy atom. The van der Waals surface area contributed by atoms with Crippen molar-refractivity contribution in [1.82, 2.24) is 15.3 Å². The molecule has 1 amide bonds. The normalized spacial score (nSPS) is 20.4. The van der Waals surface area contributed by atoms with Crippen LogP contribution in [0, 0.1) is 11.6 Å². The summed E-state index contributed by atoms with van der Waals surface area (Å²) in [4.78, 5) is 20.1. The number of halogens is 2. The van der Waals surface area contributed by atoms with Gasteiger partial charge in [0.2, 0.25) is 0 Å². The Balaban J connectivity index is 1.53. The van der Waals surface area contributed by atoms with Crippen LogP contribution in [0.4, 0.5) is 8.78 Å². The average molecular weight is 333 g/mol. The van der Waals surface area contributed by atoms with Crippen LogP contribution in [0.3, 0.4) is 0 Å². The molecule has 0 bridgehead atoms. The molecule has 0 spiro atoms. The molecular formula is C17H17F2N3O2. The predicted octanol–water partition coefficient (Wildman–Crippen LogP) is 2.87. The number of hydrogen-bond donors (Lipinski definition) is 1. The number of hydrogen-bond acceptors (Lipinski definition) is 4. The summed E-state index contributed by atoms with van der Waals surface area (Å²) in [5, 5.41) is 2.70. The highest BCUT2D eigenvalue weighted by Crippen LogP contribution is 2.23. The molecule has 1 aliphatic rings. The molecule has 5 nitrogen and oxygen atoms in total. The smallest absolute Gasteiger partial charge is 0.316 e. The van der Waals surface area contributed by atoms with Gasteiger partial charge in [-0.3, -0.25) is 4.79 Å². The van der Waals surface area contributed by atoms with Crippen molar-refractivity contribution < 1.29 is 18.3 Å². The molecule has 2 aromatic rings. The zero-order chi connectivity index (χ0) is 16.9. The standard InChI is InChI=1S/C17H17F2N3O2/c18-13-3-1-4-14(19)15(13)16(23)22-11-5-7-12(8-6-11)24-17-20-9-2-10-21-17/h1-4,9-12H,5-8H2,(H,22,23). The molecule has 126 valence electrons. The third-order valence-electron chi connectivity index (χ3n) is 4.01. The first-order valence-corrected chi connectivity index (χ1v) is 7.82. The lowest BCUT2D eigenvalue weighted by atomic mass is 9.92. The van der Waals surface area contributed by atoms with E-state index in [0.29, 0.717) is 31.7 Å². The van der Waals surface area contributed by atoms with E-state index >= 15 is 0 Å². The fraction of sp³-hybridized carbons (Fsp3) is 0.353. The average Bonchev–Trinajstić information content (AvgIpc) is 2.57. The number of rotatable bonds is 4. The molecule has 7 heteroatoms. The number of benzene rings is 1. The van der Waals surface area contributed by atoms with Crippen LogP contribution in [0.15, 0.2) is 36.7 Å². The van der Waals surface area contributed by atoms with E-state index in [1.807, 2.05) is 0 Å². The van der Waals surface area contributed by atoms with Crippen LogP contribution in [-0.4, -0.2) is 28.0 Å². The highest BCUT2D eigenvalue weighted by atomic mass is 19.1. The quantitative estimate of drug-likeness (QED) is 0.934. The molecule has 3 rings (SSSR count). The minimum absolute atomic E-state index is 0.0225. The molecular weight excluding hydrogens is 316 g/mol. The molecule has 0 unspecified atom stereocenters. The number of nitrogens with zero attached hydrogens (tertiary/aromatic N) is 2. The minimum Gasteiger partial charge on any atom is -0.460 e. The van der Waals surface area contributed by atoms with Crippen LogP contribution in [0.1, 0.15) is 36.0 Å². The van der Waals surface area contributed by atoms with Gasteiger partial charge in [0.25, 0.3) is 5.91 Å². The molecule has 24 heavy (non-hydrogen) atoms. The van der Waals surface area contributed by atoms with Gasteiger partial charge < -0.3 is 10.1 Å². The van der Waals surface area contributed by atoms with Gasteiger partial charge in [0.1, 0.15) is 23.3 Å². The highest BCUT2D eigenvalue weighted by molar-refractivity contribution is 5.94. The maximum Gasteiger partial charge on any atom is 0.316 e. The van der Waals surface area contributed by atoms with Gasteiger partial charge in [0.15, 0.2) is 0 Å².